The number of aliphatic carboxylic acids is 1. The Morgan fingerprint density at radius 1 is 1.35 bits per heavy atom. The molecule has 0 bridgehead atoms. The van der Waals surface area contributed by atoms with Crippen LogP contribution >= 0.6 is 0 Å². The first-order valence-electron chi connectivity index (χ1n) is 6.21. The highest BCUT2D eigenvalue weighted by Crippen LogP contribution is 2.06. The molecule has 0 spiro atoms. The van der Waals surface area contributed by atoms with Gasteiger partial charge in [-0.2, -0.15) is 0 Å². The highest BCUT2D eigenvalue weighted by Gasteiger charge is 2.23. The van der Waals surface area contributed by atoms with Crippen LogP contribution in [0.5, 0.6) is 0 Å². The maximum absolute atomic E-state index is 11.9. The smallest absolute Gasteiger partial charge is 0.308 e. The predicted molar refractivity (Wildman–Crippen MR) is 66.6 cm³/mol. The predicted octanol–water partition coefficient (Wildman–Crippen LogP) is 1.07. The standard InChI is InChI=1S/C12H24N2O3/c1-4-6-7-10(13)11(15)14(5-2)8-9(3)12(16)17/h9-10H,4-8,13H2,1-3H3,(H,16,17). The number of likely N-dealkylation sites (N-methyl/N-ethyl adjacent to an activating group) is 1. The molecule has 17 heavy (non-hydrogen) atoms. The highest BCUT2D eigenvalue weighted by atomic mass is 16.4. The van der Waals surface area contributed by atoms with Gasteiger partial charge in [-0.15, -0.1) is 0 Å². The van der Waals surface area contributed by atoms with Crippen LogP contribution in [-0.2, 0) is 9.59 Å². The number of hydrogen-bond donors (Lipinski definition) is 2. The molecule has 2 atom stereocenters. The Kier molecular flexibility index (Phi) is 7.54. The van der Waals surface area contributed by atoms with E-state index in [4.69, 9.17) is 10.8 Å². The summed E-state index contributed by atoms with van der Waals surface area (Å²) in [5, 5.41) is 8.82. The molecule has 0 heterocycles. The van der Waals surface area contributed by atoms with Crippen molar-refractivity contribution in [3.8, 4) is 0 Å². The van der Waals surface area contributed by atoms with Crippen molar-refractivity contribution in [2.45, 2.75) is 46.1 Å². The van der Waals surface area contributed by atoms with Crippen LogP contribution in [0.1, 0.15) is 40.0 Å². The van der Waals surface area contributed by atoms with E-state index in [-0.39, 0.29) is 12.5 Å². The molecule has 3 N–H and O–H groups in total. The number of carbonyl (C=O) groups excluding carboxylic acids is 1. The third-order valence-electron chi connectivity index (χ3n) is 2.80. The minimum absolute atomic E-state index is 0.144. The fraction of sp³-hybridized carbons (Fsp3) is 0.833. The number of carboxylic acid groups (broad SMARTS) is 1. The fourth-order valence-electron chi connectivity index (χ4n) is 1.57. The van der Waals surface area contributed by atoms with E-state index in [9.17, 15) is 9.59 Å². The Bertz CT molecular complexity index is 256. The van der Waals surface area contributed by atoms with Crippen molar-refractivity contribution in [2.75, 3.05) is 13.1 Å². The molecule has 0 aromatic rings. The van der Waals surface area contributed by atoms with Crippen molar-refractivity contribution in [3.05, 3.63) is 0 Å². The van der Waals surface area contributed by atoms with Gasteiger partial charge in [0.15, 0.2) is 0 Å². The molecule has 0 aliphatic carbocycles. The van der Waals surface area contributed by atoms with E-state index in [1.165, 1.54) is 4.90 Å². The molecular formula is C12H24N2O3. The monoisotopic (exact) mass is 244 g/mol. The summed E-state index contributed by atoms with van der Waals surface area (Å²) in [5.41, 5.74) is 5.79. The van der Waals surface area contributed by atoms with Gasteiger partial charge < -0.3 is 15.7 Å². The molecule has 0 aliphatic heterocycles. The van der Waals surface area contributed by atoms with E-state index >= 15 is 0 Å². The van der Waals surface area contributed by atoms with E-state index in [1.807, 2.05) is 13.8 Å². The molecule has 0 saturated carbocycles. The van der Waals surface area contributed by atoms with Gasteiger partial charge in [-0.25, -0.2) is 0 Å². The maximum atomic E-state index is 11.9. The molecule has 0 aromatic heterocycles. The zero-order valence-electron chi connectivity index (χ0n) is 11.0. The summed E-state index contributed by atoms with van der Waals surface area (Å²) >= 11 is 0. The van der Waals surface area contributed by atoms with E-state index in [2.05, 4.69) is 0 Å². The minimum atomic E-state index is -0.890. The molecule has 0 aliphatic rings. The van der Waals surface area contributed by atoms with Gasteiger partial charge in [0.25, 0.3) is 0 Å². The van der Waals surface area contributed by atoms with Crippen LogP contribution in [0.4, 0.5) is 0 Å². The Balaban J connectivity index is 4.34. The summed E-state index contributed by atoms with van der Waals surface area (Å²) < 4.78 is 0. The molecular weight excluding hydrogens is 220 g/mol. The van der Waals surface area contributed by atoms with Crippen LogP contribution in [0.3, 0.4) is 0 Å². The second-order valence-corrected chi connectivity index (χ2v) is 4.36. The lowest BCUT2D eigenvalue weighted by Crippen LogP contribution is -2.46. The third-order valence-corrected chi connectivity index (χ3v) is 2.80. The van der Waals surface area contributed by atoms with E-state index in [0.717, 1.165) is 12.8 Å². The normalized spacial score (nSPS) is 14.1. The zero-order valence-corrected chi connectivity index (χ0v) is 11.0. The Morgan fingerprint density at radius 2 is 1.94 bits per heavy atom. The quantitative estimate of drug-likeness (QED) is 0.669. The second-order valence-electron chi connectivity index (χ2n) is 4.36. The van der Waals surface area contributed by atoms with Crippen LogP contribution in [0.2, 0.25) is 0 Å². The van der Waals surface area contributed by atoms with Gasteiger partial charge >= 0.3 is 5.97 Å². The first-order chi connectivity index (χ1) is 7.93. The number of hydrogen-bond acceptors (Lipinski definition) is 3. The van der Waals surface area contributed by atoms with Crippen LogP contribution in [-0.4, -0.2) is 41.0 Å². The lowest BCUT2D eigenvalue weighted by molar-refractivity contribution is -0.143. The SMILES string of the molecule is CCCCC(N)C(=O)N(CC)CC(C)C(=O)O. The van der Waals surface area contributed by atoms with Crippen molar-refractivity contribution in [1.82, 2.24) is 4.90 Å². The summed E-state index contributed by atoms with van der Waals surface area (Å²) in [6.45, 7) is 6.19. The van der Waals surface area contributed by atoms with Gasteiger partial charge in [0.05, 0.1) is 12.0 Å². The molecule has 0 radical (unpaired) electrons. The molecule has 0 saturated heterocycles. The molecule has 5 nitrogen and oxygen atoms in total. The van der Waals surface area contributed by atoms with Gasteiger partial charge in [-0.3, -0.25) is 9.59 Å². The average molecular weight is 244 g/mol. The summed E-state index contributed by atoms with van der Waals surface area (Å²) in [7, 11) is 0. The van der Waals surface area contributed by atoms with E-state index in [1.54, 1.807) is 6.92 Å². The van der Waals surface area contributed by atoms with Crippen LogP contribution in [0, 0.1) is 5.92 Å². The zero-order chi connectivity index (χ0) is 13.4. The average Bonchev–Trinajstić information content (AvgIpc) is 2.31. The first-order valence-corrected chi connectivity index (χ1v) is 6.21. The summed E-state index contributed by atoms with van der Waals surface area (Å²) in [6.07, 6.45) is 2.57. The van der Waals surface area contributed by atoms with Gasteiger partial charge in [0.1, 0.15) is 0 Å². The van der Waals surface area contributed by atoms with Crippen LogP contribution < -0.4 is 5.73 Å². The topological polar surface area (TPSA) is 83.6 Å². The number of unbranched alkanes of at least 4 members (excludes halogenated alkanes) is 1. The number of nitrogens with zero attached hydrogens (tertiary/aromatic N) is 1. The largest absolute Gasteiger partial charge is 0.481 e. The number of rotatable bonds is 8. The minimum Gasteiger partial charge on any atom is -0.481 e. The van der Waals surface area contributed by atoms with Crippen molar-refractivity contribution in [3.63, 3.8) is 0 Å². The summed E-state index contributed by atoms with van der Waals surface area (Å²) in [4.78, 5) is 24.2. The first kappa shape index (κ1) is 15.9. The molecule has 0 rings (SSSR count). The van der Waals surface area contributed by atoms with Gasteiger partial charge in [0, 0.05) is 13.1 Å². The molecule has 1 amide bonds. The maximum Gasteiger partial charge on any atom is 0.308 e. The van der Waals surface area contributed by atoms with Crippen molar-refractivity contribution >= 4 is 11.9 Å². The van der Waals surface area contributed by atoms with E-state index in [0.29, 0.717) is 13.0 Å². The molecule has 100 valence electrons. The van der Waals surface area contributed by atoms with Crippen LogP contribution in [0.25, 0.3) is 0 Å². The molecule has 0 fully saturated rings. The number of amides is 1. The second kappa shape index (κ2) is 8.06. The molecule has 2 unspecified atom stereocenters. The lowest BCUT2D eigenvalue weighted by atomic mass is 10.1. The Labute approximate surface area is 103 Å². The third kappa shape index (κ3) is 5.68. The molecule has 0 aromatic carbocycles. The number of carboxylic acids is 1. The summed E-state index contributed by atoms with van der Waals surface area (Å²) in [6, 6.07) is -0.504. The molecule has 5 heteroatoms. The van der Waals surface area contributed by atoms with Crippen molar-refractivity contribution < 1.29 is 14.7 Å². The fourth-order valence-corrected chi connectivity index (χ4v) is 1.57. The van der Waals surface area contributed by atoms with Gasteiger partial charge in [-0.05, 0) is 13.3 Å². The van der Waals surface area contributed by atoms with Crippen LogP contribution in [0.15, 0.2) is 0 Å². The van der Waals surface area contributed by atoms with Crippen molar-refractivity contribution in [1.29, 1.82) is 0 Å². The highest BCUT2D eigenvalue weighted by molar-refractivity contribution is 5.82. The van der Waals surface area contributed by atoms with Gasteiger partial charge in [0.2, 0.25) is 5.91 Å². The van der Waals surface area contributed by atoms with Crippen molar-refractivity contribution in [2.24, 2.45) is 11.7 Å². The number of nitrogens with two attached hydrogens (primary N) is 1. The number of carbonyl (C=O) groups is 2. The Hall–Kier alpha value is -1.10. The van der Waals surface area contributed by atoms with E-state index < -0.39 is 17.9 Å². The lowest BCUT2D eigenvalue weighted by Gasteiger charge is -2.25. The van der Waals surface area contributed by atoms with Gasteiger partial charge in [-0.1, -0.05) is 26.7 Å². The Morgan fingerprint density at radius 3 is 2.35 bits per heavy atom. The summed E-state index contributed by atoms with van der Waals surface area (Å²) in [5.74, 6) is -1.59.